The molecule has 178 valence electrons. The Hall–Kier alpha value is -3.74. The zero-order valence-corrected chi connectivity index (χ0v) is 20.0. The number of imidazole rings is 1. The monoisotopic (exact) mass is 468 g/mol. The molecule has 1 atom stereocenters. The van der Waals surface area contributed by atoms with Gasteiger partial charge in [0.05, 0.1) is 37.0 Å². The second-order valence-electron chi connectivity index (χ2n) is 10.2. The first-order chi connectivity index (χ1) is 17.1. The van der Waals surface area contributed by atoms with Crippen molar-refractivity contribution in [2.75, 3.05) is 20.3 Å². The van der Waals surface area contributed by atoms with Crippen LogP contribution in [0, 0.1) is 12.3 Å². The lowest BCUT2D eigenvalue weighted by atomic mass is 9.85. The molecule has 7 rings (SSSR count). The average molecular weight is 469 g/mol. The van der Waals surface area contributed by atoms with Gasteiger partial charge in [0, 0.05) is 19.2 Å². The van der Waals surface area contributed by atoms with Crippen molar-refractivity contribution in [1.29, 1.82) is 0 Å². The van der Waals surface area contributed by atoms with Crippen LogP contribution in [0.25, 0.3) is 11.8 Å². The molecule has 4 aliphatic rings. The van der Waals surface area contributed by atoms with Crippen LogP contribution < -0.4 is 9.47 Å². The fourth-order valence-electron chi connectivity index (χ4n) is 5.80. The van der Waals surface area contributed by atoms with Gasteiger partial charge < -0.3 is 23.8 Å². The quantitative estimate of drug-likeness (QED) is 0.539. The van der Waals surface area contributed by atoms with Crippen molar-refractivity contribution < 1.29 is 14.3 Å². The third-order valence-corrected chi connectivity index (χ3v) is 7.82. The lowest BCUT2D eigenvalue weighted by Gasteiger charge is -2.45. The molecule has 7 heteroatoms. The Morgan fingerprint density at radius 1 is 1.11 bits per heavy atom. The summed E-state index contributed by atoms with van der Waals surface area (Å²) in [6.45, 7) is 3.58. The number of piperidine rings is 1. The van der Waals surface area contributed by atoms with Crippen LogP contribution in [0.1, 0.15) is 42.5 Å². The number of aromatic nitrogens is 2. The van der Waals surface area contributed by atoms with Gasteiger partial charge in [-0.1, -0.05) is 23.4 Å². The van der Waals surface area contributed by atoms with E-state index in [9.17, 15) is 0 Å². The van der Waals surface area contributed by atoms with Crippen molar-refractivity contribution >= 4 is 11.9 Å². The molecule has 3 aliphatic heterocycles. The molecule has 0 amide bonds. The number of nitrogens with zero attached hydrogens (tertiary/aromatic N) is 4. The molecule has 3 aromatic rings. The van der Waals surface area contributed by atoms with E-state index < -0.39 is 5.72 Å². The summed E-state index contributed by atoms with van der Waals surface area (Å²) in [6, 6.07) is 14.5. The first-order valence-electron chi connectivity index (χ1n) is 12.3. The van der Waals surface area contributed by atoms with Crippen LogP contribution in [0.5, 0.6) is 11.5 Å². The number of hydrogen-bond donors (Lipinski definition) is 0. The van der Waals surface area contributed by atoms with Crippen molar-refractivity contribution in [3.05, 3.63) is 77.4 Å². The molecule has 1 aliphatic carbocycles. The van der Waals surface area contributed by atoms with Crippen LogP contribution >= 0.6 is 0 Å². The number of ether oxygens (including phenoxy) is 2. The maximum absolute atomic E-state index is 6.33. The van der Waals surface area contributed by atoms with E-state index in [0.717, 1.165) is 59.2 Å². The number of benzene rings is 2. The minimum absolute atomic E-state index is 0.303. The number of fused-ring (bicyclic) bond motifs is 4. The second-order valence-corrected chi connectivity index (χ2v) is 10.2. The summed E-state index contributed by atoms with van der Waals surface area (Å²) in [5.74, 6) is 2.66. The SMILES string of the molecule is COc1cc(/C=C2\CC3(CC3)CN3C2=NOC32CCOc3ccccc32)ccc1-n1cnc(C)c1. The van der Waals surface area contributed by atoms with E-state index >= 15 is 0 Å². The van der Waals surface area contributed by atoms with Gasteiger partial charge in [-0.15, -0.1) is 0 Å². The van der Waals surface area contributed by atoms with E-state index in [1.165, 1.54) is 18.4 Å². The standard InChI is InChI=1S/C28H28N4O3/c1-19-16-31(18-29-19)23-8-7-20(14-25(23)33-2)13-21-15-27(9-10-27)17-32-26(21)30-35-28(32)11-12-34-24-6-4-3-5-22(24)28/h3-8,13-14,16,18H,9-12,15,17H2,1-2H3/b21-13+. The number of rotatable bonds is 3. The van der Waals surface area contributed by atoms with Crippen LogP contribution in [0.4, 0.5) is 0 Å². The van der Waals surface area contributed by atoms with Gasteiger partial charge in [-0.3, -0.25) is 0 Å². The van der Waals surface area contributed by atoms with Crippen molar-refractivity contribution in [1.82, 2.24) is 14.5 Å². The molecular weight excluding hydrogens is 440 g/mol. The highest BCUT2D eigenvalue weighted by Crippen LogP contribution is 2.58. The Kier molecular flexibility index (Phi) is 4.35. The molecule has 2 spiro atoms. The van der Waals surface area contributed by atoms with Crippen molar-refractivity contribution in [3.8, 4) is 17.2 Å². The summed E-state index contributed by atoms with van der Waals surface area (Å²) < 4.78 is 13.7. The van der Waals surface area contributed by atoms with Crippen molar-refractivity contribution in [3.63, 3.8) is 0 Å². The van der Waals surface area contributed by atoms with Crippen LogP contribution in [-0.2, 0) is 10.6 Å². The van der Waals surface area contributed by atoms with Gasteiger partial charge in [0.15, 0.2) is 5.84 Å². The van der Waals surface area contributed by atoms with Gasteiger partial charge in [-0.05, 0) is 73.1 Å². The number of hydrogen-bond acceptors (Lipinski definition) is 6. The summed E-state index contributed by atoms with van der Waals surface area (Å²) >= 11 is 0. The molecule has 2 aromatic carbocycles. The van der Waals surface area contributed by atoms with Crippen LogP contribution in [-0.4, -0.2) is 40.5 Å². The summed E-state index contributed by atoms with van der Waals surface area (Å²) in [4.78, 5) is 13.1. The molecule has 0 bridgehead atoms. The average Bonchev–Trinajstić information content (AvgIpc) is 3.31. The van der Waals surface area contributed by atoms with Gasteiger partial charge >= 0.3 is 0 Å². The highest BCUT2D eigenvalue weighted by Gasteiger charge is 2.59. The molecule has 7 nitrogen and oxygen atoms in total. The molecule has 0 N–H and O–H groups in total. The first-order valence-corrected chi connectivity index (χ1v) is 12.3. The summed E-state index contributed by atoms with van der Waals surface area (Å²) in [5.41, 5.74) is 5.05. The number of para-hydroxylation sites is 1. The lowest BCUT2D eigenvalue weighted by molar-refractivity contribution is -0.132. The number of amidine groups is 1. The molecule has 1 unspecified atom stereocenters. The summed E-state index contributed by atoms with van der Waals surface area (Å²) in [6.07, 6.45) is 10.3. The van der Waals surface area contributed by atoms with Crippen LogP contribution in [0.2, 0.25) is 0 Å². The van der Waals surface area contributed by atoms with Gasteiger partial charge in [0.1, 0.15) is 11.5 Å². The molecular formula is C28H28N4O3. The summed E-state index contributed by atoms with van der Waals surface area (Å²) in [5, 5.41) is 4.69. The highest BCUT2D eigenvalue weighted by atomic mass is 16.7. The van der Waals surface area contributed by atoms with E-state index in [1.54, 1.807) is 7.11 Å². The van der Waals surface area contributed by atoms with Crippen molar-refractivity contribution in [2.24, 2.45) is 10.6 Å². The first kappa shape index (κ1) is 20.6. The Bertz CT molecular complexity index is 1390. The van der Waals surface area contributed by atoms with E-state index in [2.05, 4.69) is 46.3 Å². The third kappa shape index (κ3) is 3.17. The predicted molar refractivity (Wildman–Crippen MR) is 133 cm³/mol. The maximum Gasteiger partial charge on any atom is 0.244 e. The molecule has 1 saturated heterocycles. The van der Waals surface area contributed by atoms with Crippen LogP contribution in [0.3, 0.4) is 0 Å². The fourth-order valence-corrected chi connectivity index (χ4v) is 5.80. The Morgan fingerprint density at radius 2 is 2.00 bits per heavy atom. The Morgan fingerprint density at radius 3 is 2.80 bits per heavy atom. The minimum atomic E-state index is -0.583. The molecule has 0 radical (unpaired) electrons. The number of methoxy groups -OCH3 is 1. The molecule has 35 heavy (non-hydrogen) atoms. The van der Waals surface area contributed by atoms with E-state index in [0.29, 0.717) is 12.0 Å². The third-order valence-electron chi connectivity index (χ3n) is 7.82. The topological polar surface area (TPSA) is 61.1 Å². The van der Waals surface area contributed by atoms with E-state index in [4.69, 9.17) is 19.5 Å². The zero-order chi connectivity index (χ0) is 23.6. The Balaban J connectivity index is 1.27. The normalized spacial score (nSPS) is 24.6. The fraction of sp³-hybridized carbons (Fsp3) is 0.357. The maximum atomic E-state index is 6.33. The lowest BCUT2D eigenvalue weighted by Crippen LogP contribution is -2.53. The second kappa shape index (κ2) is 7.38. The predicted octanol–water partition coefficient (Wildman–Crippen LogP) is 5.04. The summed E-state index contributed by atoms with van der Waals surface area (Å²) in [7, 11) is 1.71. The molecule has 2 fully saturated rings. The molecule has 4 heterocycles. The van der Waals surface area contributed by atoms with Gasteiger partial charge in [0.25, 0.3) is 0 Å². The molecule has 1 saturated carbocycles. The van der Waals surface area contributed by atoms with Gasteiger partial charge in [-0.25, -0.2) is 4.98 Å². The largest absolute Gasteiger partial charge is 0.495 e. The van der Waals surface area contributed by atoms with Crippen molar-refractivity contribution in [2.45, 2.75) is 38.3 Å². The Labute approximate surface area is 204 Å². The van der Waals surface area contributed by atoms with E-state index in [-0.39, 0.29) is 0 Å². The minimum Gasteiger partial charge on any atom is -0.495 e. The smallest absolute Gasteiger partial charge is 0.244 e. The molecule has 1 aromatic heterocycles. The van der Waals surface area contributed by atoms with E-state index in [1.807, 2.05) is 36.1 Å². The zero-order valence-electron chi connectivity index (χ0n) is 20.0. The van der Waals surface area contributed by atoms with Gasteiger partial charge in [0.2, 0.25) is 5.72 Å². The van der Waals surface area contributed by atoms with Gasteiger partial charge in [-0.2, -0.15) is 0 Å². The number of aryl methyl sites for hydroxylation is 1. The number of oxime groups is 1. The highest BCUT2D eigenvalue weighted by molar-refractivity contribution is 6.04. The van der Waals surface area contributed by atoms with Crippen LogP contribution in [0.15, 0.2) is 65.7 Å².